The number of nitrogens with zero attached hydrogens (tertiary/aromatic N) is 22. The molecule has 0 saturated carbocycles. The quantitative estimate of drug-likeness (QED) is 0.0281. The number of nitrogens with one attached hydrogen (secondary N) is 3. The molecule has 0 bridgehead atoms. The summed E-state index contributed by atoms with van der Waals surface area (Å²) in [6, 6.07) is 48.8. The zero-order valence-corrected chi connectivity index (χ0v) is 87.8. The largest absolute Gasteiger partial charge is 0.497 e. The van der Waals surface area contributed by atoms with E-state index in [0.29, 0.717) is 47.3 Å². The molecule has 8 aromatic heterocycles. The number of ether oxygens (including phenoxy) is 10. The van der Waals surface area contributed by atoms with Gasteiger partial charge in [-0.05, 0) is 145 Å². The van der Waals surface area contributed by atoms with Gasteiger partial charge in [-0.1, -0.05) is 27.7 Å². The van der Waals surface area contributed by atoms with E-state index in [2.05, 4.69) is 142 Å². The summed E-state index contributed by atoms with van der Waals surface area (Å²) in [4.78, 5) is 61.0. The van der Waals surface area contributed by atoms with Gasteiger partial charge in [-0.2, -0.15) is 25.7 Å². The molecule has 2 unspecified atom stereocenters. The van der Waals surface area contributed by atoms with Crippen LogP contribution in [0.1, 0.15) is 105 Å². The number of aliphatic hydroxyl groups is 1. The van der Waals surface area contributed by atoms with E-state index in [4.69, 9.17) is 72.3 Å². The number of aromatic nitrogens is 16. The summed E-state index contributed by atoms with van der Waals surface area (Å²) in [5.74, 6) is 5.71. The summed E-state index contributed by atoms with van der Waals surface area (Å²) < 4.78 is 63.2. The van der Waals surface area contributed by atoms with Gasteiger partial charge in [-0.15, -0.1) is 0 Å². The van der Waals surface area contributed by atoms with E-state index in [-0.39, 0.29) is 30.8 Å². The number of fused-ring (bicyclic) bond motifs is 4. The predicted molar refractivity (Wildman–Crippen MR) is 579 cm³/mol. The third-order valence-corrected chi connectivity index (χ3v) is 26.0. The first-order valence-corrected chi connectivity index (χ1v) is 50.2. The Kier molecular flexibility index (Phi) is 35.3. The number of hydrogen-bond acceptors (Lipinski definition) is 32. The molecule has 8 aromatic carbocycles. The summed E-state index contributed by atoms with van der Waals surface area (Å²) in [6.07, 6.45) is 29.2. The molecule has 3 aliphatic heterocycles. The summed E-state index contributed by atoms with van der Waals surface area (Å²) >= 11 is 0. The van der Waals surface area contributed by atoms with E-state index in [1.807, 2.05) is 155 Å². The van der Waals surface area contributed by atoms with Gasteiger partial charge in [-0.3, -0.25) is 34.1 Å². The summed E-state index contributed by atoms with van der Waals surface area (Å²) in [6.45, 7) is 22.6. The van der Waals surface area contributed by atoms with Crippen LogP contribution in [0.15, 0.2) is 214 Å². The van der Waals surface area contributed by atoms with Gasteiger partial charge >= 0.3 is 0 Å². The fourth-order valence-electron chi connectivity index (χ4n) is 18.0. The van der Waals surface area contributed by atoms with Crippen LogP contribution in [0.4, 0.5) is 45.5 Å². The second-order valence-electron chi connectivity index (χ2n) is 37.9. The molecule has 4 N–H and O–H groups in total. The average molecular weight is 2020 g/mol. The first kappa shape index (κ1) is 106. The monoisotopic (exact) mass is 2020 g/mol. The van der Waals surface area contributed by atoms with Crippen LogP contribution < -0.4 is 73.4 Å². The lowest BCUT2D eigenvalue weighted by atomic mass is 10.1. The lowest BCUT2D eigenvalue weighted by Crippen LogP contribution is -2.36. The van der Waals surface area contributed by atoms with Gasteiger partial charge in [0.25, 0.3) is 0 Å². The highest BCUT2D eigenvalue weighted by molar-refractivity contribution is 5.88. The highest BCUT2D eigenvalue weighted by Crippen LogP contribution is 2.43. The minimum absolute atomic E-state index is 0.0232. The van der Waals surface area contributed by atoms with Crippen molar-refractivity contribution in [3.8, 4) is 97.1 Å². The topological polar surface area (TPSA) is 380 Å². The molecule has 37 nitrogen and oxygen atoms in total. The Morgan fingerprint density at radius 3 is 1.23 bits per heavy atom. The SMILES string of the molecule is CNC(=O)Cn1cc(-c2cnc3ccc(N(CCNC(C)C)c4cc(OC)cc(OC)c4)cc3n2)cn1.COc1cc(OC)c(C)c(N(CCNC(C)C)c2ccc3ncc(-c4cnn(C)c4)nc3c2)c1.COc1cc(OC)cc(N(CC(C)(C)O)c2ccc3ncc(-c4cnn(C5CCCCO5)c4)nc3c2)c1.COc1cc(OC)cc(N(CCN2CC[C@H](C#N)C2)c2ccc3ncc(-c4cnn(C5CCCCO5)c4)nc3c2)c1. The molecule has 37 heteroatoms. The average Bonchev–Trinajstić information content (AvgIpc) is 1.55. The molecule has 3 aliphatic rings. The Morgan fingerprint density at radius 1 is 0.456 bits per heavy atom. The van der Waals surface area contributed by atoms with Crippen molar-refractivity contribution in [3.63, 3.8) is 0 Å². The lowest BCUT2D eigenvalue weighted by molar-refractivity contribution is -0.121. The number of methoxy groups -OCH3 is 8. The van der Waals surface area contributed by atoms with Gasteiger partial charge in [0.15, 0.2) is 0 Å². The van der Waals surface area contributed by atoms with Crippen LogP contribution in [0.25, 0.3) is 89.2 Å². The number of nitriles is 1. The third kappa shape index (κ3) is 27.2. The molecule has 0 aliphatic carbocycles. The molecule has 1 amide bonds. The number of likely N-dealkylation sites (tertiary alicyclic amines) is 1. The minimum Gasteiger partial charge on any atom is -0.497 e. The molecule has 16 aromatic rings. The van der Waals surface area contributed by atoms with Crippen molar-refractivity contribution in [3.05, 3.63) is 219 Å². The number of aryl methyl sites for hydroxylation is 1. The summed E-state index contributed by atoms with van der Waals surface area (Å²) in [7, 11) is 16.7. The van der Waals surface area contributed by atoms with E-state index in [1.54, 1.807) is 137 Å². The highest BCUT2D eigenvalue weighted by atomic mass is 16.5. The molecule has 778 valence electrons. The zero-order chi connectivity index (χ0) is 105. The molecular formula is C112H133N25O12. The van der Waals surface area contributed by atoms with E-state index < -0.39 is 5.60 Å². The molecule has 3 fully saturated rings. The fraction of sp³-hybridized carbons (Fsp3) is 0.375. The maximum absolute atomic E-state index is 11.7. The second kappa shape index (κ2) is 49.7. The Morgan fingerprint density at radius 2 is 0.846 bits per heavy atom. The third-order valence-electron chi connectivity index (χ3n) is 26.0. The Balaban J connectivity index is 0.000000142. The van der Waals surface area contributed by atoms with Crippen molar-refractivity contribution in [1.29, 1.82) is 5.26 Å². The van der Waals surface area contributed by atoms with Crippen LogP contribution >= 0.6 is 0 Å². The number of carbonyl (C=O) groups excluding carboxylic acids is 1. The van der Waals surface area contributed by atoms with Crippen molar-refractivity contribution in [2.75, 3.05) is 156 Å². The first-order valence-electron chi connectivity index (χ1n) is 50.2. The molecule has 3 atom stereocenters. The van der Waals surface area contributed by atoms with Gasteiger partial charge in [0.2, 0.25) is 5.91 Å². The van der Waals surface area contributed by atoms with Crippen molar-refractivity contribution in [2.24, 2.45) is 13.0 Å². The van der Waals surface area contributed by atoms with Crippen LogP contribution in [0, 0.1) is 24.2 Å². The van der Waals surface area contributed by atoms with Crippen LogP contribution in [0.3, 0.4) is 0 Å². The van der Waals surface area contributed by atoms with Crippen LogP contribution in [-0.2, 0) is 27.9 Å². The Hall–Kier alpha value is -15.7. The predicted octanol–water partition coefficient (Wildman–Crippen LogP) is 18.2. The van der Waals surface area contributed by atoms with Crippen molar-refractivity contribution in [1.82, 2.24) is 99.8 Å². The van der Waals surface area contributed by atoms with E-state index in [0.717, 1.165) is 268 Å². The number of amides is 1. The highest BCUT2D eigenvalue weighted by Gasteiger charge is 2.29. The van der Waals surface area contributed by atoms with Gasteiger partial charge < -0.3 is 92.9 Å². The molecular weight excluding hydrogens is 1890 g/mol. The molecule has 149 heavy (non-hydrogen) atoms. The normalized spacial score (nSPS) is 14.6. The summed E-state index contributed by atoms with van der Waals surface area (Å²) in [5.41, 5.74) is 20.5. The standard InChI is InChI=1S/C31H35N7O3.C28H33N5O4.C27H33N7O3.C26H32N6O2/c1-39-26-13-25(14-27(16-26)40-2)37(11-10-36-9-8-22(17-32)20-36)24-6-7-28-29(15-24)35-30(19-33-28)23-18-34-38(21-23)31-5-3-4-12-41-31;1-28(2,34)18-32(21-11-22(35-3)14-23(12-21)36-4)20-8-9-24-25(13-20)31-26(16-29-24)19-15-30-33(17-19)27-7-5-6-10-37-27;1-18(2)29-8-9-34(21-10-22(36-4)13-23(11-21)37-5)20-6-7-24-25(12-20)32-26(15-30-24)19-14-31-33(16-19)17-27(35)28-3;1-17(2)27-9-10-32(25-12-21(33-5)13-26(34-6)18(25)3)20-7-8-22-23(11-20)30-24(15-28-22)19-14-29-31(4)16-19/h6-7,13-16,18-19,21-22,31H,3-5,8-12,20H2,1-2H3;8-9,11-17,27,34H,5-7,10,18H2,1-4H3;6-7,10-16,18,29H,8-9,17H2,1-5H3,(H,28,35);7-8,11-17,27H,9-10H2,1-6H3/t22-,31?;;;/m1.../s1. The van der Waals surface area contributed by atoms with E-state index in [9.17, 15) is 15.2 Å². The maximum atomic E-state index is 11.7. The summed E-state index contributed by atoms with van der Waals surface area (Å²) in [5, 5.41) is 47.3. The number of hydrogen-bond donors (Lipinski definition) is 4. The zero-order valence-electron chi connectivity index (χ0n) is 87.8. The first-order chi connectivity index (χ1) is 72.2. The smallest absolute Gasteiger partial charge is 0.241 e. The van der Waals surface area contributed by atoms with Crippen LogP contribution in [-0.4, -0.2) is 249 Å². The Bertz CT molecular complexity index is 7200. The number of likely N-dealkylation sites (N-methyl/N-ethyl adjacent to an activating group) is 1. The van der Waals surface area contributed by atoms with Crippen LogP contribution in [0.5, 0.6) is 46.0 Å². The number of benzene rings is 8. The molecule has 19 rings (SSSR count). The van der Waals surface area contributed by atoms with Crippen molar-refractivity contribution < 1.29 is 57.3 Å². The van der Waals surface area contributed by atoms with Gasteiger partial charge in [-0.25, -0.2) is 29.3 Å². The molecule has 0 spiro atoms. The fourth-order valence-corrected chi connectivity index (χ4v) is 18.0. The molecule has 0 radical (unpaired) electrons. The number of rotatable bonds is 37. The van der Waals surface area contributed by atoms with Gasteiger partial charge in [0.1, 0.15) is 65.0 Å². The Labute approximate surface area is 868 Å². The van der Waals surface area contributed by atoms with Crippen molar-refractivity contribution >= 4 is 95.5 Å². The number of anilines is 8. The number of carbonyl (C=O) groups is 1. The molecule has 3 saturated heterocycles. The van der Waals surface area contributed by atoms with Gasteiger partial charge in [0.05, 0.1) is 203 Å². The van der Waals surface area contributed by atoms with E-state index >= 15 is 0 Å². The van der Waals surface area contributed by atoms with Crippen LogP contribution in [0.2, 0.25) is 0 Å². The maximum Gasteiger partial charge on any atom is 0.241 e. The van der Waals surface area contributed by atoms with E-state index in [1.165, 1.54) is 0 Å². The lowest BCUT2D eigenvalue weighted by Gasteiger charge is -2.31. The van der Waals surface area contributed by atoms with Crippen molar-refractivity contribution in [2.45, 2.75) is 130 Å². The molecule has 11 heterocycles. The second-order valence-corrected chi connectivity index (χ2v) is 37.9. The van der Waals surface area contributed by atoms with Gasteiger partial charge in [0, 0.05) is 244 Å². The minimum atomic E-state index is -0.964.